The van der Waals surface area contributed by atoms with Gasteiger partial charge in [0.05, 0.1) is 18.8 Å². The van der Waals surface area contributed by atoms with Crippen LogP contribution < -0.4 is 5.32 Å². The second-order valence-electron chi connectivity index (χ2n) is 25.7. The van der Waals surface area contributed by atoms with Crippen LogP contribution in [0.4, 0.5) is 0 Å². The van der Waals surface area contributed by atoms with Crippen molar-refractivity contribution in [3.8, 4) is 0 Å². The summed E-state index contributed by atoms with van der Waals surface area (Å²) >= 11 is 0. The van der Waals surface area contributed by atoms with Crippen LogP contribution >= 0.6 is 0 Å². The minimum atomic E-state index is -0.837. The molecule has 0 aliphatic carbocycles. The van der Waals surface area contributed by atoms with Crippen molar-refractivity contribution in [2.24, 2.45) is 0 Å². The first-order valence-electron chi connectivity index (χ1n) is 36.9. The molecular weight excluding hydrogens is 951 g/mol. The highest BCUT2D eigenvalue weighted by Gasteiger charge is 2.18. The third-order valence-corrected chi connectivity index (χ3v) is 17.8. The summed E-state index contributed by atoms with van der Waals surface area (Å²) in [6.45, 7) is 4.37. The molecule has 0 spiro atoms. The van der Waals surface area contributed by atoms with E-state index in [0.717, 1.165) is 25.7 Å². The van der Waals surface area contributed by atoms with Gasteiger partial charge in [0, 0.05) is 6.42 Å². The van der Waals surface area contributed by atoms with Crippen molar-refractivity contribution in [2.75, 3.05) is 6.61 Å². The average Bonchev–Trinajstić information content (AvgIpc) is 3.44. The van der Waals surface area contributed by atoms with Crippen LogP contribution in [0.25, 0.3) is 0 Å². The smallest absolute Gasteiger partial charge is 0.220 e. The molecule has 2 unspecified atom stereocenters. The summed E-state index contributed by atoms with van der Waals surface area (Å²) in [7, 11) is 0. The van der Waals surface area contributed by atoms with Crippen molar-refractivity contribution in [1.29, 1.82) is 0 Å². The number of aliphatic hydroxyl groups excluding tert-OH is 2. The fraction of sp³-hybridized carbons (Fsp3) is 0.959. The summed E-state index contributed by atoms with van der Waals surface area (Å²) in [4.78, 5) is 12.5. The first kappa shape index (κ1) is 77.1. The molecule has 0 heterocycles. The molecule has 0 saturated heterocycles. The minimum Gasteiger partial charge on any atom is -0.394 e. The first-order chi connectivity index (χ1) is 38.7. The van der Waals surface area contributed by atoms with Gasteiger partial charge in [-0.15, -0.1) is 0 Å². The number of hydrogen-bond acceptors (Lipinski definition) is 3. The predicted octanol–water partition coefficient (Wildman–Crippen LogP) is 25.2. The van der Waals surface area contributed by atoms with Gasteiger partial charge in [-0.1, -0.05) is 424 Å². The Bertz CT molecular complexity index is 1110. The summed E-state index contributed by atoms with van der Waals surface area (Å²) in [6, 6.07) is -0.620. The lowest BCUT2D eigenvalue weighted by atomic mass is 10.0. The lowest BCUT2D eigenvalue weighted by Gasteiger charge is -2.20. The predicted molar refractivity (Wildman–Crippen MR) is 350 cm³/mol. The standard InChI is InChI=1S/C74H147NO3/c1-3-5-7-9-11-13-15-17-19-21-23-25-27-29-31-32-33-34-35-36-37-38-39-40-41-42-44-46-48-50-52-54-56-58-60-62-64-66-68-70-74(78)75-72(71-76)73(77)69-67-65-63-61-59-57-55-53-51-49-47-45-43-30-28-26-24-22-20-18-16-14-12-10-8-6-4-2/h67,69,72-73,76-77H,3-66,68,70-71H2,1-2H3,(H,75,78)/b69-67+. The van der Waals surface area contributed by atoms with E-state index in [-0.39, 0.29) is 12.5 Å². The Morgan fingerprint density at radius 3 is 0.667 bits per heavy atom. The molecule has 0 aliphatic heterocycles. The van der Waals surface area contributed by atoms with Gasteiger partial charge in [0.1, 0.15) is 0 Å². The Hall–Kier alpha value is -0.870. The van der Waals surface area contributed by atoms with Crippen LogP contribution in [0.2, 0.25) is 0 Å². The van der Waals surface area contributed by atoms with Crippen LogP contribution in [0.15, 0.2) is 12.2 Å². The number of rotatable bonds is 70. The van der Waals surface area contributed by atoms with Gasteiger partial charge in [0.15, 0.2) is 0 Å². The van der Waals surface area contributed by atoms with Crippen LogP contribution in [-0.2, 0) is 4.79 Å². The van der Waals surface area contributed by atoms with Gasteiger partial charge in [0.2, 0.25) is 5.91 Å². The van der Waals surface area contributed by atoms with Crippen LogP contribution in [-0.4, -0.2) is 34.9 Å². The summed E-state index contributed by atoms with van der Waals surface area (Å²) in [6.07, 6.45) is 94.8. The molecule has 0 aromatic carbocycles. The summed E-state index contributed by atoms with van der Waals surface area (Å²) < 4.78 is 0. The van der Waals surface area contributed by atoms with E-state index < -0.39 is 12.1 Å². The number of unbranched alkanes of at least 4 members (excludes halogenated alkanes) is 63. The van der Waals surface area contributed by atoms with Gasteiger partial charge in [-0.3, -0.25) is 4.79 Å². The molecule has 0 saturated carbocycles. The van der Waals surface area contributed by atoms with Crippen molar-refractivity contribution >= 4 is 5.91 Å². The van der Waals surface area contributed by atoms with E-state index >= 15 is 0 Å². The molecule has 0 aromatic heterocycles. The van der Waals surface area contributed by atoms with E-state index in [1.165, 1.54) is 392 Å². The fourth-order valence-corrected chi connectivity index (χ4v) is 12.2. The second kappa shape index (κ2) is 70.4. The largest absolute Gasteiger partial charge is 0.394 e. The quantitative estimate of drug-likeness (QED) is 0.0420. The SMILES string of the molecule is CCCCCCCCCCCCCCCCCCCCCCCCCCC/C=C/C(O)C(CO)NC(=O)CCCCCCCCCCCCCCCCCCCCCCCCCCCCCCCCCCCCCCCCC. The highest BCUT2D eigenvalue weighted by atomic mass is 16.3. The number of carbonyl (C=O) groups excluding carboxylic acids is 1. The average molecular weight is 1100 g/mol. The Morgan fingerprint density at radius 2 is 0.474 bits per heavy atom. The monoisotopic (exact) mass is 1100 g/mol. The van der Waals surface area contributed by atoms with E-state index in [9.17, 15) is 15.0 Å². The van der Waals surface area contributed by atoms with Crippen LogP contribution in [0.1, 0.15) is 438 Å². The van der Waals surface area contributed by atoms with Crippen LogP contribution in [0.3, 0.4) is 0 Å². The molecule has 466 valence electrons. The summed E-state index contributed by atoms with van der Waals surface area (Å²) in [5, 5.41) is 23.3. The highest BCUT2D eigenvalue weighted by Crippen LogP contribution is 2.20. The number of hydrogen-bond donors (Lipinski definition) is 3. The van der Waals surface area contributed by atoms with E-state index in [1.54, 1.807) is 6.08 Å². The zero-order chi connectivity index (χ0) is 56.2. The molecule has 2 atom stereocenters. The number of amides is 1. The number of nitrogens with one attached hydrogen (secondary N) is 1. The third-order valence-electron chi connectivity index (χ3n) is 17.8. The lowest BCUT2D eigenvalue weighted by molar-refractivity contribution is -0.123. The van der Waals surface area contributed by atoms with Crippen molar-refractivity contribution in [1.82, 2.24) is 5.32 Å². The maximum Gasteiger partial charge on any atom is 0.220 e. The van der Waals surface area contributed by atoms with Crippen molar-refractivity contribution in [3.63, 3.8) is 0 Å². The Labute approximate surface area is 492 Å². The molecule has 0 bridgehead atoms. The fourth-order valence-electron chi connectivity index (χ4n) is 12.2. The number of aliphatic hydroxyl groups is 2. The van der Waals surface area contributed by atoms with E-state index in [4.69, 9.17) is 0 Å². The summed E-state index contributed by atoms with van der Waals surface area (Å²) in [5.41, 5.74) is 0. The Kier molecular flexibility index (Phi) is 69.6. The third kappa shape index (κ3) is 65.9. The maximum atomic E-state index is 12.5. The van der Waals surface area contributed by atoms with Crippen LogP contribution in [0.5, 0.6) is 0 Å². The molecule has 4 nitrogen and oxygen atoms in total. The van der Waals surface area contributed by atoms with Gasteiger partial charge in [-0.25, -0.2) is 0 Å². The molecule has 0 rings (SSSR count). The molecule has 0 aliphatic rings. The van der Waals surface area contributed by atoms with Gasteiger partial charge in [-0.2, -0.15) is 0 Å². The second-order valence-corrected chi connectivity index (χ2v) is 25.7. The van der Waals surface area contributed by atoms with E-state index in [1.807, 2.05) is 6.08 Å². The molecule has 3 N–H and O–H groups in total. The molecule has 4 heteroatoms. The Balaban J connectivity index is 3.36. The normalized spacial score (nSPS) is 12.6. The van der Waals surface area contributed by atoms with Gasteiger partial charge in [0.25, 0.3) is 0 Å². The number of carbonyl (C=O) groups is 1. The molecule has 78 heavy (non-hydrogen) atoms. The van der Waals surface area contributed by atoms with Gasteiger partial charge in [-0.05, 0) is 19.3 Å². The number of allylic oxidation sites excluding steroid dienone is 1. The molecule has 1 amide bonds. The topological polar surface area (TPSA) is 69.6 Å². The zero-order valence-corrected chi connectivity index (χ0v) is 54.0. The van der Waals surface area contributed by atoms with Crippen LogP contribution in [0, 0.1) is 0 Å². The lowest BCUT2D eigenvalue weighted by Crippen LogP contribution is -2.45. The minimum absolute atomic E-state index is 0.0525. The van der Waals surface area contributed by atoms with E-state index in [0.29, 0.717) is 6.42 Å². The maximum absolute atomic E-state index is 12.5. The Morgan fingerprint density at radius 1 is 0.295 bits per heavy atom. The van der Waals surface area contributed by atoms with Gasteiger partial charge >= 0.3 is 0 Å². The zero-order valence-electron chi connectivity index (χ0n) is 54.0. The molecule has 0 aromatic rings. The molecule has 0 radical (unpaired) electrons. The summed E-state index contributed by atoms with van der Waals surface area (Å²) in [5.74, 6) is -0.0525. The first-order valence-corrected chi connectivity index (χ1v) is 36.9. The van der Waals surface area contributed by atoms with Crippen molar-refractivity contribution < 1.29 is 15.0 Å². The molecular formula is C74H147NO3. The van der Waals surface area contributed by atoms with Crippen molar-refractivity contribution in [3.05, 3.63) is 12.2 Å². The van der Waals surface area contributed by atoms with E-state index in [2.05, 4.69) is 19.2 Å². The van der Waals surface area contributed by atoms with Crippen molar-refractivity contribution in [2.45, 2.75) is 450 Å². The highest BCUT2D eigenvalue weighted by molar-refractivity contribution is 5.76. The molecule has 0 fully saturated rings. The van der Waals surface area contributed by atoms with Gasteiger partial charge < -0.3 is 15.5 Å².